The van der Waals surface area contributed by atoms with Gasteiger partial charge in [-0.05, 0) is 55.4 Å². The molecule has 0 spiro atoms. The van der Waals surface area contributed by atoms with Crippen LogP contribution in [-0.2, 0) is 0 Å². The molecule has 1 saturated carbocycles. The van der Waals surface area contributed by atoms with Crippen LogP contribution in [0, 0.1) is 17.7 Å². The van der Waals surface area contributed by atoms with E-state index in [1.807, 2.05) is 13.0 Å². The van der Waals surface area contributed by atoms with Gasteiger partial charge in [0.05, 0.1) is 0 Å². The molecule has 2 N–H and O–H groups in total. The van der Waals surface area contributed by atoms with E-state index in [0.29, 0.717) is 0 Å². The Morgan fingerprint density at radius 3 is 2.56 bits per heavy atom. The van der Waals surface area contributed by atoms with E-state index in [-0.39, 0.29) is 11.9 Å². The minimum atomic E-state index is -0.189. The van der Waals surface area contributed by atoms with Crippen LogP contribution >= 0.6 is 0 Å². The lowest BCUT2D eigenvalue weighted by Gasteiger charge is -2.24. The fourth-order valence-corrected chi connectivity index (χ4v) is 3.61. The SMILES string of the molecule is CC(N)c1cc(F)ccc1N1CC2CCCC2C1. The standard InChI is InChI=1S/C15H21FN2/c1-10(17)14-7-13(16)5-6-15(14)18-8-11-3-2-4-12(11)9-18/h5-7,10-12H,2-4,8-9,17H2,1H3. The quantitative estimate of drug-likeness (QED) is 0.871. The minimum absolute atomic E-state index is 0.115. The number of halogens is 1. The number of nitrogens with two attached hydrogens (primary N) is 1. The highest BCUT2D eigenvalue weighted by Crippen LogP contribution is 2.41. The molecule has 2 aliphatic rings. The number of rotatable bonds is 2. The first-order chi connectivity index (χ1) is 8.65. The summed E-state index contributed by atoms with van der Waals surface area (Å²) in [6.07, 6.45) is 4.10. The zero-order chi connectivity index (χ0) is 12.7. The van der Waals surface area contributed by atoms with Crippen molar-refractivity contribution in [2.75, 3.05) is 18.0 Å². The van der Waals surface area contributed by atoms with E-state index in [4.69, 9.17) is 5.73 Å². The molecule has 98 valence electrons. The lowest BCUT2D eigenvalue weighted by Crippen LogP contribution is -2.23. The van der Waals surface area contributed by atoms with E-state index in [1.165, 1.54) is 19.3 Å². The number of hydrogen-bond donors (Lipinski definition) is 1. The summed E-state index contributed by atoms with van der Waals surface area (Å²) in [5.41, 5.74) is 8.05. The molecule has 3 atom stereocenters. The van der Waals surface area contributed by atoms with Crippen LogP contribution in [0.15, 0.2) is 18.2 Å². The first-order valence-corrected chi connectivity index (χ1v) is 6.95. The summed E-state index contributed by atoms with van der Waals surface area (Å²) in [6.45, 7) is 4.17. The zero-order valence-electron chi connectivity index (χ0n) is 10.9. The Hall–Kier alpha value is -1.09. The fourth-order valence-electron chi connectivity index (χ4n) is 3.61. The van der Waals surface area contributed by atoms with Crippen LogP contribution in [0.25, 0.3) is 0 Å². The van der Waals surface area contributed by atoms with E-state index < -0.39 is 0 Å². The van der Waals surface area contributed by atoms with Crippen molar-refractivity contribution >= 4 is 5.69 Å². The highest BCUT2D eigenvalue weighted by Gasteiger charge is 2.36. The smallest absolute Gasteiger partial charge is 0.123 e. The molecular weight excluding hydrogens is 227 g/mol. The predicted octanol–water partition coefficient (Wildman–Crippen LogP) is 3.08. The van der Waals surface area contributed by atoms with Crippen LogP contribution in [0.4, 0.5) is 10.1 Å². The van der Waals surface area contributed by atoms with E-state index in [1.54, 1.807) is 12.1 Å². The Bertz CT molecular complexity index is 432. The van der Waals surface area contributed by atoms with E-state index in [0.717, 1.165) is 36.2 Å². The second-order valence-electron chi connectivity index (χ2n) is 5.85. The van der Waals surface area contributed by atoms with Gasteiger partial charge in [-0.25, -0.2) is 4.39 Å². The van der Waals surface area contributed by atoms with Gasteiger partial charge >= 0.3 is 0 Å². The van der Waals surface area contributed by atoms with Gasteiger partial charge in [0, 0.05) is 24.8 Å². The summed E-state index contributed by atoms with van der Waals surface area (Å²) in [5, 5.41) is 0. The van der Waals surface area contributed by atoms with Gasteiger partial charge < -0.3 is 10.6 Å². The lowest BCUT2D eigenvalue weighted by molar-refractivity contribution is 0.494. The number of fused-ring (bicyclic) bond motifs is 1. The van der Waals surface area contributed by atoms with Crippen LogP contribution in [0.5, 0.6) is 0 Å². The zero-order valence-corrected chi connectivity index (χ0v) is 10.9. The minimum Gasteiger partial charge on any atom is -0.371 e. The first-order valence-electron chi connectivity index (χ1n) is 6.95. The van der Waals surface area contributed by atoms with Gasteiger partial charge in [-0.3, -0.25) is 0 Å². The van der Waals surface area contributed by atoms with Crippen LogP contribution in [-0.4, -0.2) is 13.1 Å². The number of anilines is 1. The molecule has 18 heavy (non-hydrogen) atoms. The maximum absolute atomic E-state index is 13.4. The first kappa shape index (κ1) is 12.0. The third-order valence-corrected chi connectivity index (χ3v) is 4.55. The molecule has 3 rings (SSSR count). The summed E-state index contributed by atoms with van der Waals surface area (Å²) in [6, 6.07) is 4.93. The Morgan fingerprint density at radius 2 is 1.94 bits per heavy atom. The molecule has 0 bridgehead atoms. The van der Waals surface area contributed by atoms with Gasteiger partial charge in [0.2, 0.25) is 0 Å². The van der Waals surface area contributed by atoms with Gasteiger partial charge in [-0.15, -0.1) is 0 Å². The summed E-state index contributed by atoms with van der Waals surface area (Å²) in [4.78, 5) is 2.41. The molecule has 1 aliphatic carbocycles. The molecule has 1 saturated heterocycles. The molecule has 0 radical (unpaired) electrons. The second kappa shape index (κ2) is 4.54. The van der Waals surface area contributed by atoms with Crippen molar-refractivity contribution in [1.82, 2.24) is 0 Å². The average molecular weight is 248 g/mol. The highest BCUT2D eigenvalue weighted by molar-refractivity contribution is 5.56. The molecule has 2 fully saturated rings. The van der Waals surface area contributed by atoms with Crippen molar-refractivity contribution in [2.45, 2.75) is 32.2 Å². The molecule has 1 aromatic carbocycles. The predicted molar refractivity (Wildman–Crippen MR) is 72.0 cm³/mol. The van der Waals surface area contributed by atoms with Crippen molar-refractivity contribution in [3.05, 3.63) is 29.6 Å². The number of nitrogens with zero attached hydrogens (tertiary/aromatic N) is 1. The lowest BCUT2D eigenvalue weighted by atomic mass is 10.0. The fraction of sp³-hybridized carbons (Fsp3) is 0.600. The topological polar surface area (TPSA) is 29.3 Å². The third-order valence-electron chi connectivity index (χ3n) is 4.55. The Balaban J connectivity index is 1.88. The molecule has 0 amide bonds. The monoisotopic (exact) mass is 248 g/mol. The Morgan fingerprint density at radius 1 is 1.28 bits per heavy atom. The van der Waals surface area contributed by atoms with Crippen molar-refractivity contribution in [3.8, 4) is 0 Å². The molecule has 1 aliphatic heterocycles. The van der Waals surface area contributed by atoms with Gasteiger partial charge in [-0.2, -0.15) is 0 Å². The molecule has 2 nitrogen and oxygen atoms in total. The van der Waals surface area contributed by atoms with Crippen molar-refractivity contribution in [1.29, 1.82) is 0 Å². The van der Waals surface area contributed by atoms with Crippen LogP contribution < -0.4 is 10.6 Å². The normalized spacial score (nSPS) is 28.5. The van der Waals surface area contributed by atoms with Gasteiger partial charge in [0.15, 0.2) is 0 Å². The van der Waals surface area contributed by atoms with E-state index in [2.05, 4.69) is 4.90 Å². The van der Waals surface area contributed by atoms with Gasteiger partial charge in [-0.1, -0.05) is 6.42 Å². The van der Waals surface area contributed by atoms with Crippen LogP contribution in [0.3, 0.4) is 0 Å². The highest BCUT2D eigenvalue weighted by atomic mass is 19.1. The molecule has 0 aromatic heterocycles. The second-order valence-corrected chi connectivity index (χ2v) is 5.85. The maximum atomic E-state index is 13.4. The maximum Gasteiger partial charge on any atom is 0.123 e. The van der Waals surface area contributed by atoms with Gasteiger partial charge in [0.25, 0.3) is 0 Å². The Labute approximate surface area is 108 Å². The number of hydrogen-bond acceptors (Lipinski definition) is 2. The van der Waals surface area contributed by atoms with Crippen LogP contribution in [0.1, 0.15) is 37.8 Å². The largest absolute Gasteiger partial charge is 0.371 e. The summed E-state index contributed by atoms with van der Waals surface area (Å²) < 4.78 is 13.4. The van der Waals surface area contributed by atoms with Crippen molar-refractivity contribution in [2.24, 2.45) is 17.6 Å². The number of benzene rings is 1. The van der Waals surface area contributed by atoms with E-state index in [9.17, 15) is 4.39 Å². The molecular formula is C15H21FN2. The van der Waals surface area contributed by atoms with Crippen molar-refractivity contribution in [3.63, 3.8) is 0 Å². The van der Waals surface area contributed by atoms with E-state index >= 15 is 0 Å². The molecule has 3 unspecified atom stereocenters. The molecule has 3 heteroatoms. The molecule has 1 aromatic rings. The summed E-state index contributed by atoms with van der Waals surface area (Å²) in [7, 11) is 0. The van der Waals surface area contributed by atoms with Crippen LogP contribution in [0.2, 0.25) is 0 Å². The van der Waals surface area contributed by atoms with Gasteiger partial charge in [0.1, 0.15) is 5.82 Å². The van der Waals surface area contributed by atoms with Crippen molar-refractivity contribution < 1.29 is 4.39 Å². The summed E-state index contributed by atoms with van der Waals surface area (Å²) in [5.74, 6) is 1.50. The average Bonchev–Trinajstić information content (AvgIpc) is 2.88. The third kappa shape index (κ3) is 2.01. The summed E-state index contributed by atoms with van der Waals surface area (Å²) >= 11 is 0. The molecule has 1 heterocycles. The Kier molecular flexibility index (Phi) is 3.02.